The summed E-state index contributed by atoms with van der Waals surface area (Å²) in [4.78, 5) is 139. The zero-order valence-corrected chi connectivity index (χ0v) is 51.1. The van der Waals surface area contributed by atoms with Crippen LogP contribution in [0.3, 0.4) is 0 Å². The van der Waals surface area contributed by atoms with Gasteiger partial charge in [-0.1, -0.05) is 22.5 Å². The van der Waals surface area contributed by atoms with E-state index in [4.69, 9.17) is 28.6 Å². The van der Waals surface area contributed by atoms with E-state index in [9.17, 15) is 38.4 Å². The number of oxime groups is 2. The Labute approximate surface area is 499 Å². The topological polar surface area (TPSA) is 323 Å². The number of hydrogen-bond donors (Lipinski definition) is 4. The summed E-state index contributed by atoms with van der Waals surface area (Å²) in [5.74, 6) is -5.20. The van der Waals surface area contributed by atoms with Gasteiger partial charge in [0.15, 0.2) is 21.7 Å². The average Bonchev–Trinajstić information content (AvgIpc) is 2.13. The van der Waals surface area contributed by atoms with E-state index in [-0.39, 0.29) is 52.4 Å². The summed E-state index contributed by atoms with van der Waals surface area (Å²) >= 11 is 7.71. The molecule has 0 aromatic carbocycles. The quantitative estimate of drug-likeness (QED) is 0.0257. The SMILES string of the molecule is CO/N=C(\C(=O)N[C@@H]1C(=O)N2C(C(=O)OCOC(=O)C(C)(C)C)=C(/C=C\c3scnc3C)CS[C@H]12)c1csc(NCNc2nc(/C(=N\OC)C(=O)NC3C(=O)N4C(C(=O)OCOC(=O)C(C)(C)C)=C(/C=C\c5scnc5C)CS[C@H]34)cs2)n1. The van der Waals surface area contributed by atoms with Gasteiger partial charge in [-0.05, 0) is 78.7 Å². The van der Waals surface area contributed by atoms with Crippen LogP contribution < -0.4 is 21.3 Å². The van der Waals surface area contributed by atoms with Crippen molar-refractivity contribution in [3.8, 4) is 0 Å². The van der Waals surface area contributed by atoms with Crippen molar-refractivity contribution in [3.63, 3.8) is 0 Å². The molecule has 0 bridgehead atoms. The summed E-state index contributed by atoms with van der Waals surface area (Å²) in [5.41, 5.74) is 3.84. The van der Waals surface area contributed by atoms with Crippen LogP contribution in [0.15, 0.2) is 66.8 Å². The van der Waals surface area contributed by atoms with Crippen molar-refractivity contribution in [1.82, 2.24) is 40.4 Å². The molecule has 2 fully saturated rings. The molecule has 2 saturated heterocycles. The summed E-state index contributed by atoms with van der Waals surface area (Å²) in [7, 11) is 2.50. The van der Waals surface area contributed by atoms with E-state index in [2.05, 4.69) is 51.5 Å². The van der Waals surface area contributed by atoms with Gasteiger partial charge >= 0.3 is 23.9 Å². The number of allylic oxidation sites excluding steroid dienone is 2. The number of fused-ring (bicyclic) bond motifs is 2. The molecule has 4 aliphatic heterocycles. The summed E-state index contributed by atoms with van der Waals surface area (Å²) in [6.45, 7) is 12.3. The number of aryl methyl sites for hydroxylation is 2. The van der Waals surface area contributed by atoms with E-state index in [0.29, 0.717) is 21.4 Å². The Morgan fingerprint density at radius 2 is 1.01 bits per heavy atom. The molecule has 4 aromatic heterocycles. The molecule has 26 nitrogen and oxygen atoms in total. The fourth-order valence-electron chi connectivity index (χ4n) is 7.79. The van der Waals surface area contributed by atoms with Gasteiger partial charge < -0.3 is 49.9 Å². The van der Waals surface area contributed by atoms with Gasteiger partial charge in [0, 0.05) is 32.0 Å². The van der Waals surface area contributed by atoms with Crippen LogP contribution in [0.2, 0.25) is 0 Å². The molecule has 83 heavy (non-hydrogen) atoms. The van der Waals surface area contributed by atoms with Crippen molar-refractivity contribution in [1.29, 1.82) is 0 Å². The Bertz CT molecular complexity index is 3180. The Morgan fingerprint density at radius 3 is 1.36 bits per heavy atom. The van der Waals surface area contributed by atoms with E-state index in [0.717, 1.165) is 43.8 Å². The lowest BCUT2D eigenvalue weighted by molar-refractivity contribution is -0.174. The highest BCUT2D eigenvalue weighted by Gasteiger charge is 2.56. The van der Waals surface area contributed by atoms with E-state index in [1.165, 1.54) is 70.2 Å². The molecule has 4 aliphatic rings. The number of nitrogens with zero attached hydrogens (tertiary/aromatic N) is 8. The number of β-lactam (4-membered cyclic amide) rings is 2. The summed E-state index contributed by atoms with van der Waals surface area (Å²) < 4.78 is 21.0. The van der Waals surface area contributed by atoms with Crippen molar-refractivity contribution in [2.75, 3.05) is 56.6 Å². The number of esters is 4. The van der Waals surface area contributed by atoms with Crippen molar-refractivity contribution in [2.45, 2.75) is 78.2 Å². The monoisotopic (exact) mass is 1250 g/mol. The lowest BCUT2D eigenvalue weighted by atomic mass is 9.97. The number of carbonyl (C=O) groups is 8. The van der Waals surface area contributed by atoms with Crippen LogP contribution in [-0.2, 0) is 67.0 Å². The number of anilines is 2. The minimum absolute atomic E-state index is 0.0539. The molecule has 8 rings (SSSR count). The Kier molecular flexibility index (Phi) is 19.6. The van der Waals surface area contributed by atoms with E-state index in [1.807, 2.05) is 13.8 Å². The van der Waals surface area contributed by atoms with Gasteiger partial charge in [-0.2, -0.15) is 0 Å². The van der Waals surface area contributed by atoms with E-state index < -0.39 is 94.8 Å². The fourth-order valence-corrected chi connectivity index (χ4v) is 13.2. The average molecular weight is 1250 g/mol. The van der Waals surface area contributed by atoms with Gasteiger partial charge in [-0.3, -0.25) is 38.6 Å². The smallest absolute Gasteiger partial charge is 0.358 e. The summed E-state index contributed by atoms with van der Waals surface area (Å²) in [6, 6.07) is -2.17. The number of nitrogens with one attached hydrogen (secondary N) is 4. The molecule has 4 amide bonds. The van der Waals surface area contributed by atoms with Gasteiger partial charge in [0.2, 0.25) is 13.6 Å². The number of rotatable bonds is 22. The second kappa shape index (κ2) is 26.4. The largest absolute Gasteiger partial charge is 0.427 e. The Morgan fingerprint density at radius 1 is 0.614 bits per heavy atom. The molecular formula is C51H56N12O14S6. The van der Waals surface area contributed by atoms with Crippen molar-refractivity contribution in [3.05, 3.63) is 89.0 Å². The highest BCUT2D eigenvalue weighted by molar-refractivity contribution is 8.00. The molecule has 440 valence electrons. The molecule has 0 aliphatic carbocycles. The zero-order chi connectivity index (χ0) is 59.9. The first-order chi connectivity index (χ1) is 39.5. The fraction of sp³-hybridized carbons (Fsp3) is 0.412. The molecule has 0 saturated carbocycles. The summed E-state index contributed by atoms with van der Waals surface area (Å²) in [6.07, 6.45) is 6.99. The molecule has 4 aromatic rings. The number of amides is 4. The van der Waals surface area contributed by atoms with Crippen molar-refractivity contribution in [2.24, 2.45) is 21.1 Å². The molecule has 4 atom stereocenters. The maximum Gasteiger partial charge on any atom is 0.358 e. The van der Waals surface area contributed by atoms with Crippen LogP contribution in [0.5, 0.6) is 0 Å². The third-order valence-corrected chi connectivity index (χ3v) is 18.1. The highest BCUT2D eigenvalue weighted by Crippen LogP contribution is 2.43. The van der Waals surface area contributed by atoms with Crippen LogP contribution >= 0.6 is 68.9 Å². The maximum absolute atomic E-state index is 13.9. The lowest BCUT2D eigenvalue weighted by Gasteiger charge is -2.49. The normalized spacial score (nSPS) is 19.2. The number of thiazole rings is 4. The van der Waals surface area contributed by atoms with Gasteiger partial charge in [0.05, 0.1) is 39.9 Å². The van der Waals surface area contributed by atoms with E-state index in [1.54, 1.807) is 87.6 Å². The van der Waals surface area contributed by atoms with Gasteiger partial charge in [0.1, 0.15) is 59.8 Å². The Balaban J connectivity index is 0.867. The Hall–Kier alpha value is -7.52. The van der Waals surface area contributed by atoms with Gasteiger partial charge in [-0.25, -0.2) is 29.5 Å². The third-order valence-electron chi connectivity index (χ3n) is 12.1. The first-order valence-electron chi connectivity index (χ1n) is 24.9. The summed E-state index contributed by atoms with van der Waals surface area (Å²) in [5, 5.41) is 21.8. The van der Waals surface area contributed by atoms with Crippen LogP contribution in [0, 0.1) is 24.7 Å². The number of aromatic nitrogens is 4. The van der Waals surface area contributed by atoms with Crippen LogP contribution in [0.4, 0.5) is 10.3 Å². The standard InChI is InChI=1S/C51H56N12O14S6/c1-24-30(82-20-54-24)13-11-26-15-78-42-34(40(66)62(42)36(26)44(68)74-22-76-46(70)50(3,4)5)58-38(64)32(60-72-9)28-17-80-48(56-28)52-19-53-49-57-29(18-81-49)33(61-73-10)39(65)59-35-41(67)63-37(45(69)75-23-77-47(71)51(6,7)8)27(16-79-43(35)63)12-14-31-25(2)55-21-83-31/h11-14,17-18,20-21,34-35,42-43H,15-16,19,22-23H2,1-10H3,(H,52,56)(H,53,57)(H,58,64)(H,59,65)/b13-11-,14-12-,60-32-,61-33+/t34-,35?,42-,43-/m1/s1. The second-order valence-electron chi connectivity index (χ2n) is 20.1. The van der Waals surface area contributed by atoms with Crippen LogP contribution in [0.25, 0.3) is 12.2 Å². The van der Waals surface area contributed by atoms with E-state index >= 15 is 0 Å². The molecule has 32 heteroatoms. The lowest BCUT2D eigenvalue weighted by Crippen LogP contribution is -2.71. The molecule has 8 heterocycles. The first kappa shape index (κ1) is 61.5. The van der Waals surface area contributed by atoms with Crippen LogP contribution in [0.1, 0.15) is 74.1 Å². The molecule has 1 unspecified atom stereocenters. The molecule has 0 radical (unpaired) electrons. The van der Waals surface area contributed by atoms with Crippen LogP contribution in [-0.4, -0.2) is 157 Å². The number of hydrogen-bond acceptors (Lipinski definition) is 28. The molecule has 4 N–H and O–H groups in total. The third kappa shape index (κ3) is 14.1. The highest BCUT2D eigenvalue weighted by atomic mass is 32.2. The first-order valence-corrected chi connectivity index (χ1v) is 30.6. The van der Waals surface area contributed by atoms with Crippen molar-refractivity contribution < 1.29 is 67.0 Å². The molecular weight excluding hydrogens is 1200 g/mol. The maximum atomic E-state index is 13.9. The van der Waals surface area contributed by atoms with Gasteiger partial charge in [0.25, 0.3) is 23.6 Å². The number of carbonyl (C=O) groups excluding carboxylic acids is 8. The second-order valence-corrected chi connectivity index (χ2v) is 25.8. The minimum Gasteiger partial charge on any atom is -0.427 e. The molecule has 0 spiro atoms. The predicted molar refractivity (Wildman–Crippen MR) is 312 cm³/mol. The predicted octanol–water partition coefficient (Wildman–Crippen LogP) is 5.23. The number of thioether (sulfide) groups is 2. The van der Waals surface area contributed by atoms with Crippen molar-refractivity contribution >= 4 is 150 Å². The zero-order valence-electron chi connectivity index (χ0n) is 46.2. The minimum atomic E-state index is -1.08. The van der Waals surface area contributed by atoms with Gasteiger partial charge in [-0.15, -0.1) is 68.9 Å². The number of ether oxygens (including phenoxy) is 4.